The fourth-order valence-electron chi connectivity index (χ4n) is 3.94. The third-order valence-electron chi connectivity index (χ3n) is 6.09. The Hall–Kier alpha value is -3.10. The van der Waals surface area contributed by atoms with Crippen LogP contribution in [0.4, 0.5) is 5.82 Å². The van der Waals surface area contributed by atoms with Gasteiger partial charge in [-0.05, 0) is 57.6 Å². The zero-order chi connectivity index (χ0) is 23.5. The van der Waals surface area contributed by atoms with Gasteiger partial charge < -0.3 is 14.6 Å². The summed E-state index contributed by atoms with van der Waals surface area (Å²) in [6.07, 6.45) is 4.13. The van der Waals surface area contributed by atoms with Crippen molar-refractivity contribution in [1.29, 1.82) is 0 Å². The standard InChI is InChI=1S/C24H28ClN5O3/c1-16(2)28(3)19-8-10-29(14-19)22-7-6-21(24(32)27-22)30-11-9-20(12-23(30)31)33-15-18-5-4-17(25)13-26-18/h4-7,9,11-13,16,19H,8,10,14-15H2,1-3H3,(H,27,32). The highest BCUT2D eigenvalue weighted by atomic mass is 35.5. The summed E-state index contributed by atoms with van der Waals surface area (Å²) in [7, 11) is 2.14. The molecule has 1 aliphatic heterocycles. The summed E-state index contributed by atoms with van der Waals surface area (Å²) < 4.78 is 6.97. The normalized spacial score (nSPS) is 16.1. The number of H-pyrrole nitrogens is 1. The Morgan fingerprint density at radius 2 is 2.06 bits per heavy atom. The molecule has 4 rings (SSSR count). The number of hydrogen-bond acceptors (Lipinski definition) is 6. The van der Waals surface area contributed by atoms with Crippen molar-refractivity contribution in [1.82, 2.24) is 19.4 Å². The Morgan fingerprint density at radius 3 is 2.73 bits per heavy atom. The maximum atomic E-state index is 12.8. The van der Waals surface area contributed by atoms with Gasteiger partial charge in [0.1, 0.15) is 23.9 Å². The molecule has 1 fully saturated rings. The summed E-state index contributed by atoms with van der Waals surface area (Å²) >= 11 is 5.83. The first-order valence-electron chi connectivity index (χ1n) is 11.0. The molecule has 33 heavy (non-hydrogen) atoms. The number of nitrogens with zero attached hydrogens (tertiary/aromatic N) is 4. The van der Waals surface area contributed by atoms with Crippen LogP contribution in [0.2, 0.25) is 5.02 Å². The summed E-state index contributed by atoms with van der Waals surface area (Å²) in [4.78, 5) is 37.1. The van der Waals surface area contributed by atoms with Crippen molar-refractivity contribution in [3.8, 4) is 11.4 Å². The number of aromatic nitrogens is 3. The highest BCUT2D eigenvalue weighted by Crippen LogP contribution is 2.21. The van der Waals surface area contributed by atoms with E-state index in [1.165, 1.54) is 10.6 Å². The van der Waals surface area contributed by atoms with Crippen LogP contribution in [-0.2, 0) is 6.61 Å². The SMILES string of the molecule is CC(C)N(C)C1CCN(c2ccc(-n3ccc(OCc4ccc(Cl)cn4)cc3=O)c(=O)[nH]2)C1. The van der Waals surface area contributed by atoms with Crippen LogP contribution in [0.3, 0.4) is 0 Å². The molecule has 1 aliphatic rings. The maximum absolute atomic E-state index is 12.8. The number of ether oxygens (including phenoxy) is 1. The van der Waals surface area contributed by atoms with Gasteiger partial charge in [0, 0.05) is 43.6 Å². The van der Waals surface area contributed by atoms with Gasteiger partial charge in [-0.1, -0.05) is 11.6 Å². The fraction of sp³-hybridized carbons (Fsp3) is 0.375. The van der Waals surface area contributed by atoms with Crippen LogP contribution in [0.1, 0.15) is 26.0 Å². The zero-order valence-electron chi connectivity index (χ0n) is 19.0. The summed E-state index contributed by atoms with van der Waals surface area (Å²) in [5.41, 5.74) is 0.299. The van der Waals surface area contributed by atoms with Crippen molar-refractivity contribution in [2.45, 2.75) is 39.0 Å². The Kier molecular flexibility index (Phi) is 6.85. The van der Waals surface area contributed by atoms with Gasteiger partial charge in [0.05, 0.1) is 10.7 Å². The zero-order valence-corrected chi connectivity index (χ0v) is 19.7. The average Bonchev–Trinajstić information content (AvgIpc) is 3.29. The molecule has 0 saturated carbocycles. The number of halogens is 1. The second-order valence-corrected chi connectivity index (χ2v) is 8.97. The summed E-state index contributed by atoms with van der Waals surface area (Å²) in [5, 5.41) is 0.546. The van der Waals surface area contributed by atoms with E-state index in [1.54, 1.807) is 36.7 Å². The van der Waals surface area contributed by atoms with Crippen LogP contribution in [0, 0.1) is 0 Å². The summed E-state index contributed by atoms with van der Waals surface area (Å²) in [6.45, 7) is 6.31. The molecule has 1 atom stereocenters. The van der Waals surface area contributed by atoms with Crippen LogP contribution < -0.4 is 20.8 Å². The van der Waals surface area contributed by atoms with Crippen LogP contribution in [0.25, 0.3) is 5.69 Å². The predicted octanol–water partition coefficient (Wildman–Crippen LogP) is 3.07. The van der Waals surface area contributed by atoms with E-state index in [9.17, 15) is 9.59 Å². The molecule has 174 valence electrons. The molecular weight excluding hydrogens is 442 g/mol. The Balaban J connectivity index is 1.46. The number of likely N-dealkylation sites (N-methyl/N-ethyl adjacent to an activating group) is 1. The molecule has 8 nitrogen and oxygen atoms in total. The van der Waals surface area contributed by atoms with E-state index in [1.807, 2.05) is 6.07 Å². The van der Waals surface area contributed by atoms with Gasteiger partial charge in [0.2, 0.25) is 0 Å². The number of nitrogens with one attached hydrogen (secondary N) is 1. The highest BCUT2D eigenvalue weighted by Gasteiger charge is 2.27. The van der Waals surface area contributed by atoms with E-state index in [2.05, 4.69) is 40.7 Å². The predicted molar refractivity (Wildman–Crippen MR) is 130 cm³/mol. The fourth-order valence-corrected chi connectivity index (χ4v) is 4.05. The minimum Gasteiger partial charge on any atom is -0.487 e. The first-order valence-corrected chi connectivity index (χ1v) is 11.4. The molecule has 0 aliphatic carbocycles. The van der Waals surface area contributed by atoms with Gasteiger partial charge in [0.15, 0.2) is 0 Å². The molecule has 9 heteroatoms. The van der Waals surface area contributed by atoms with E-state index in [0.29, 0.717) is 28.5 Å². The summed E-state index contributed by atoms with van der Waals surface area (Å²) in [6, 6.07) is 11.0. The lowest BCUT2D eigenvalue weighted by molar-refractivity contribution is 0.209. The van der Waals surface area contributed by atoms with Crippen molar-refractivity contribution in [2.75, 3.05) is 25.0 Å². The Bertz CT molecular complexity index is 1220. The number of rotatable bonds is 7. The highest BCUT2D eigenvalue weighted by molar-refractivity contribution is 6.30. The smallest absolute Gasteiger partial charge is 0.273 e. The van der Waals surface area contributed by atoms with Crippen LogP contribution in [0.5, 0.6) is 5.75 Å². The molecule has 0 amide bonds. The minimum absolute atomic E-state index is 0.207. The van der Waals surface area contributed by atoms with Gasteiger partial charge in [0.25, 0.3) is 11.1 Å². The second kappa shape index (κ2) is 9.80. The maximum Gasteiger partial charge on any atom is 0.273 e. The van der Waals surface area contributed by atoms with Crippen molar-refractivity contribution in [3.05, 3.63) is 80.2 Å². The third kappa shape index (κ3) is 5.29. The van der Waals surface area contributed by atoms with Crippen LogP contribution in [-0.4, -0.2) is 51.7 Å². The largest absolute Gasteiger partial charge is 0.487 e. The molecule has 0 spiro atoms. The molecule has 4 heterocycles. The van der Waals surface area contributed by atoms with Crippen molar-refractivity contribution in [2.24, 2.45) is 0 Å². The molecule has 3 aromatic rings. The lowest BCUT2D eigenvalue weighted by atomic mass is 10.2. The van der Waals surface area contributed by atoms with E-state index < -0.39 is 0 Å². The number of anilines is 1. The number of pyridine rings is 3. The van der Waals surface area contributed by atoms with Crippen molar-refractivity contribution < 1.29 is 4.74 Å². The van der Waals surface area contributed by atoms with Crippen LogP contribution in [0.15, 0.2) is 58.4 Å². The molecule has 1 saturated heterocycles. The van der Waals surface area contributed by atoms with Gasteiger partial charge in [-0.15, -0.1) is 0 Å². The number of hydrogen-bond donors (Lipinski definition) is 1. The molecule has 1 N–H and O–H groups in total. The van der Waals surface area contributed by atoms with Gasteiger partial charge in [-0.3, -0.25) is 24.0 Å². The molecule has 0 radical (unpaired) electrons. The molecule has 0 bridgehead atoms. The molecule has 0 aromatic carbocycles. The van der Waals surface area contributed by atoms with Crippen LogP contribution >= 0.6 is 11.6 Å². The molecular formula is C24H28ClN5O3. The van der Waals surface area contributed by atoms with Gasteiger partial charge >= 0.3 is 0 Å². The van der Waals surface area contributed by atoms with Crippen molar-refractivity contribution >= 4 is 17.4 Å². The van der Waals surface area contributed by atoms with Crippen molar-refractivity contribution in [3.63, 3.8) is 0 Å². The number of aromatic amines is 1. The first kappa shape index (κ1) is 23.1. The second-order valence-electron chi connectivity index (χ2n) is 8.53. The monoisotopic (exact) mass is 469 g/mol. The van der Waals surface area contributed by atoms with E-state index in [-0.39, 0.29) is 23.4 Å². The Morgan fingerprint density at radius 1 is 1.24 bits per heavy atom. The first-order chi connectivity index (χ1) is 15.8. The van der Waals surface area contributed by atoms with E-state index in [0.717, 1.165) is 25.3 Å². The van der Waals surface area contributed by atoms with Gasteiger partial charge in [-0.2, -0.15) is 0 Å². The third-order valence-corrected chi connectivity index (χ3v) is 6.32. The van der Waals surface area contributed by atoms with Gasteiger partial charge in [-0.25, -0.2) is 0 Å². The van der Waals surface area contributed by atoms with E-state index in [4.69, 9.17) is 16.3 Å². The topological polar surface area (TPSA) is 83.5 Å². The summed E-state index contributed by atoms with van der Waals surface area (Å²) in [5.74, 6) is 1.17. The molecule has 3 aromatic heterocycles. The Labute approximate surface area is 197 Å². The molecule has 1 unspecified atom stereocenters. The minimum atomic E-state index is -0.352. The van der Waals surface area contributed by atoms with E-state index >= 15 is 0 Å². The average molecular weight is 470 g/mol. The lowest BCUT2D eigenvalue weighted by Gasteiger charge is -2.28. The lowest BCUT2D eigenvalue weighted by Crippen LogP contribution is -2.39. The quantitative estimate of drug-likeness (QED) is 0.572.